The number of aliphatic hydroxyl groups excluding tert-OH is 1. The van der Waals surface area contributed by atoms with Gasteiger partial charge in [0.1, 0.15) is 0 Å². The number of ketones is 1. The molecule has 5 fully saturated rings. The van der Waals surface area contributed by atoms with Gasteiger partial charge < -0.3 is 19.3 Å². The van der Waals surface area contributed by atoms with Crippen molar-refractivity contribution >= 4 is 11.8 Å². The maximum absolute atomic E-state index is 14.5. The Hall–Kier alpha value is -1.24. The SMILES string of the molecule is COC(=O)[C@]12CCC(C)(C)C[C@H]1[C@H]1C(=O)C=C3[C@@]4(C)CCC5(OCCO5)[C@@](C)(CO)C4CC[C@@]3(C)[C@]1(C)CC2. The van der Waals surface area contributed by atoms with Gasteiger partial charge in [0.2, 0.25) is 0 Å². The van der Waals surface area contributed by atoms with Crippen molar-refractivity contribution in [1.82, 2.24) is 0 Å². The quantitative estimate of drug-likeness (QED) is 0.441. The van der Waals surface area contributed by atoms with Crippen molar-refractivity contribution < 1.29 is 28.9 Å². The fourth-order valence-corrected chi connectivity index (χ4v) is 11.5. The van der Waals surface area contributed by atoms with Crippen molar-refractivity contribution in [2.75, 3.05) is 26.9 Å². The highest BCUT2D eigenvalue weighted by Gasteiger charge is 2.73. The number of ether oxygens (including phenoxy) is 3. The third kappa shape index (κ3) is 3.26. The average Bonchev–Trinajstić information content (AvgIpc) is 3.38. The first-order valence-electron chi connectivity index (χ1n) is 15.4. The summed E-state index contributed by atoms with van der Waals surface area (Å²) in [7, 11) is 1.51. The number of carbonyl (C=O) groups excluding carboxylic acids is 2. The molecule has 6 aliphatic rings. The molecule has 6 heteroatoms. The first-order chi connectivity index (χ1) is 18.2. The van der Waals surface area contributed by atoms with Crippen LogP contribution >= 0.6 is 0 Å². The lowest BCUT2D eigenvalue weighted by atomic mass is 9.33. The molecule has 1 N–H and O–H groups in total. The van der Waals surface area contributed by atoms with Crippen LogP contribution in [0.2, 0.25) is 0 Å². The van der Waals surface area contributed by atoms with Crippen molar-refractivity contribution in [2.45, 2.75) is 105 Å². The summed E-state index contributed by atoms with van der Waals surface area (Å²) in [4.78, 5) is 28.0. The third-order valence-corrected chi connectivity index (χ3v) is 14.0. The van der Waals surface area contributed by atoms with Gasteiger partial charge in [-0.05, 0) is 90.9 Å². The van der Waals surface area contributed by atoms with Crippen LogP contribution < -0.4 is 0 Å². The predicted molar refractivity (Wildman–Crippen MR) is 147 cm³/mol. The highest BCUT2D eigenvalue weighted by atomic mass is 16.7. The highest BCUT2D eigenvalue weighted by molar-refractivity contribution is 5.96. The smallest absolute Gasteiger partial charge is 0.312 e. The Labute approximate surface area is 234 Å². The van der Waals surface area contributed by atoms with Crippen LogP contribution in [0.5, 0.6) is 0 Å². The molecule has 0 aromatic carbocycles. The molecule has 0 aromatic rings. The molecule has 39 heavy (non-hydrogen) atoms. The number of aliphatic hydroxyl groups is 1. The van der Waals surface area contributed by atoms with Gasteiger partial charge >= 0.3 is 5.97 Å². The van der Waals surface area contributed by atoms with E-state index in [2.05, 4.69) is 41.5 Å². The molecule has 6 nitrogen and oxygen atoms in total. The van der Waals surface area contributed by atoms with Gasteiger partial charge in [-0.1, -0.05) is 47.1 Å². The van der Waals surface area contributed by atoms with E-state index in [1.807, 2.05) is 6.08 Å². The minimum Gasteiger partial charge on any atom is -0.469 e. The van der Waals surface area contributed by atoms with Crippen molar-refractivity contribution in [1.29, 1.82) is 0 Å². The van der Waals surface area contributed by atoms with E-state index in [1.54, 1.807) is 0 Å². The molecule has 1 aliphatic heterocycles. The summed E-state index contributed by atoms with van der Waals surface area (Å²) in [5.41, 5.74) is -0.338. The van der Waals surface area contributed by atoms with Crippen molar-refractivity contribution in [2.24, 2.45) is 50.2 Å². The summed E-state index contributed by atoms with van der Waals surface area (Å²) in [6.45, 7) is 15.0. The van der Waals surface area contributed by atoms with E-state index < -0.39 is 16.6 Å². The topological polar surface area (TPSA) is 82.1 Å². The molecular weight excluding hydrogens is 492 g/mol. The molecular formula is C33H50O6. The van der Waals surface area contributed by atoms with Crippen LogP contribution in [-0.2, 0) is 23.8 Å². The molecule has 1 unspecified atom stereocenters. The second-order valence-electron chi connectivity index (χ2n) is 15.8. The molecule has 1 heterocycles. The molecule has 1 spiro atoms. The van der Waals surface area contributed by atoms with Gasteiger partial charge in [-0.2, -0.15) is 0 Å². The summed E-state index contributed by atoms with van der Waals surface area (Å²) < 4.78 is 18.0. The summed E-state index contributed by atoms with van der Waals surface area (Å²) in [5.74, 6) is -0.676. The normalized spacial score (nSPS) is 49.8. The first kappa shape index (κ1) is 27.9. The van der Waals surface area contributed by atoms with Gasteiger partial charge in [0, 0.05) is 17.8 Å². The largest absolute Gasteiger partial charge is 0.469 e. The Kier molecular flexibility index (Phi) is 6.02. The molecule has 8 atom stereocenters. The molecule has 0 amide bonds. The minimum atomic E-state index is -0.746. The zero-order valence-electron chi connectivity index (χ0n) is 25.3. The maximum atomic E-state index is 14.5. The monoisotopic (exact) mass is 542 g/mol. The molecule has 1 saturated heterocycles. The maximum Gasteiger partial charge on any atom is 0.312 e. The summed E-state index contributed by atoms with van der Waals surface area (Å²) >= 11 is 0. The van der Waals surface area contributed by atoms with Crippen molar-refractivity contribution in [3.05, 3.63) is 11.6 Å². The van der Waals surface area contributed by atoms with E-state index in [-0.39, 0.29) is 57.8 Å². The number of fused-ring (bicyclic) bond motifs is 7. The van der Waals surface area contributed by atoms with Crippen LogP contribution in [0.15, 0.2) is 11.6 Å². The number of allylic oxidation sites excluding steroid dienone is 2. The lowest BCUT2D eigenvalue weighted by Gasteiger charge is -2.70. The molecule has 0 bridgehead atoms. The Balaban J connectivity index is 1.46. The molecule has 0 aromatic heterocycles. The zero-order chi connectivity index (χ0) is 28.3. The fourth-order valence-electron chi connectivity index (χ4n) is 11.5. The van der Waals surface area contributed by atoms with Gasteiger partial charge in [0.05, 0.1) is 32.3 Å². The van der Waals surface area contributed by atoms with E-state index in [0.29, 0.717) is 13.2 Å². The van der Waals surface area contributed by atoms with E-state index in [4.69, 9.17) is 14.2 Å². The Morgan fingerprint density at radius 3 is 2.28 bits per heavy atom. The Morgan fingerprint density at radius 1 is 0.974 bits per heavy atom. The number of carbonyl (C=O) groups is 2. The summed E-state index contributed by atoms with van der Waals surface area (Å²) in [5, 5.41) is 10.9. The third-order valence-electron chi connectivity index (χ3n) is 14.0. The van der Waals surface area contributed by atoms with Gasteiger partial charge in [-0.15, -0.1) is 0 Å². The molecule has 4 saturated carbocycles. The van der Waals surface area contributed by atoms with Gasteiger partial charge in [0.25, 0.3) is 0 Å². The van der Waals surface area contributed by atoms with Crippen LogP contribution in [0, 0.1) is 50.2 Å². The standard InChI is InChI=1S/C33H50O6/c1-27(2)10-13-32(26(36)37-7)14-12-30(5)25(21(32)19-27)22(35)18-24-28(3)11-15-33(38-16-17-39-33)31(6,20-34)23(28)8-9-29(24,30)4/h18,21,23,25,34H,8-17,19-20H2,1-7H3/t21-,23?,25-,28-,29+,30+,31-,32-/m0/s1. The number of hydrogen-bond acceptors (Lipinski definition) is 6. The molecule has 6 rings (SSSR count). The fraction of sp³-hybridized carbons (Fsp3) is 0.879. The number of hydrogen-bond donors (Lipinski definition) is 1. The van der Waals surface area contributed by atoms with Crippen LogP contribution in [0.1, 0.15) is 99.3 Å². The average molecular weight is 543 g/mol. The predicted octanol–water partition coefficient (Wildman–Crippen LogP) is 5.86. The van der Waals surface area contributed by atoms with Crippen LogP contribution in [0.4, 0.5) is 0 Å². The van der Waals surface area contributed by atoms with E-state index in [0.717, 1.165) is 57.8 Å². The second-order valence-corrected chi connectivity index (χ2v) is 15.8. The number of methoxy groups -OCH3 is 1. The van der Waals surface area contributed by atoms with E-state index in [1.165, 1.54) is 12.7 Å². The second kappa shape index (κ2) is 8.41. The highest BCUT2D eigenvalue weighted by Crippen LogP contribution is 2.76. The molecule has 0 radical (unpaired) electrons. The van der Waals surface area contributed by atoms with Gasteiger partial charge in [-0.25, -0.2) is 0 Å². The van der Waals surface area contributed by atoms with Gasteiger partial charge in [0.15, 0.2) is 11.6 Å². The Bertz CT molecular complexity index is 1100. The lowest BCUT2D eigenvalue weighted by Crippen LogP contribution is -2.68. The molecule has 218 valence electrons. The molecule has 5 aliphatic carbocycles. The van der Waals surface area contributed by atoms with E-state index >= 15 is 0 Å². The lowest BCUT2D eigenvalue weighted by molar-refractivity contribution is -0.302. The number of esters is 1. The van der Waals surface area contributed by atoms with Crippen LogP contribution in [0.25, 0.3) is 0 Å². The van der Waals surface area contributed by atoms with Crippen LogP contribution in [-0.4, -0.2) is 49.6 Å². The van der Waals surface area contributed by atoms with Crippen LogP contribution in [0.3, 0.4) is 0 Å². The minimum absolute atomic E-state index is 0.00211. The summed E-state index contributed by atoms with van der Waals surface area (Å²) in [6.07, 6.45) is 9.89. The van der Waals surface area contributed by atoms with E-state index in [9.17, 15) is 14.7 Å². The van der Waals surface area contributed by atoms with Crippen molar-refractivity contribution in [3.63, 3.8) is 0 Å². The van der Waals surface area contributed by atoms with Crippen molar-refractivity contribution in [3.8, 4) is 0 Å². The first-order valence-corrected chi connectivity index (χ1v) is 15.4. The Morgan fingerprint density at radius 2 is 1.64 bits per heavy atom. The van der Waals surface area contributed by atoms with Gasteiger partial charge in [-0.3, -0.25) is 9.59 Å². The number of rotatable bonds is 2. The summed E-state index contributed by atoms with van der Waals surface area (Å²) in [6, 6.07) is 0. The zero-order valence-corrected chi connectivity index (χ0v) is 25.3.